The standard InChI is InChI=1S/C36H41N5O7/c1-24(38-36(45)47-23-26-14-6-3-7-15-26)35(44)41-21-27(46-22-25-12-4-2-5-13-25)20-30(41)33(43)39-29(17-10-11-19-37)32(42)34-40-28-16-8-9-18-31(28)48-34/h2-9,12-16,18,24,27,29-30H,10-11,17,19-23,37H2,1H3,(H,38,45)(H,39,43)/t24-,27-,29+,30+/m1/s1. The van der Waals surface area contributed by atoms with E-state index in [4.69, 9.17) is 19.6 Å². The van der Waals surface area contributed by atoms with Crippen LogP contribution in [0.25, 0.3) is 11.1 Å². The molecule has 0 aliphatic carbocycles. The summed E-state index contributed by atoms with van der Waals surface area (Å²) < 4.78 is 17.2. The number of Topliss-reactive ketones (excluding diaryl/α,β-unsaturated/α-hetero) is 1. The largest absolute Gasteiger partial charge is 0.445 e. The summed E-state index contributed by atoms with van der Waals surface area (Å²) in [6.07, 6.45) is 0.504. The van der Waals surface area contributed by atoms with Gasteiger partial charge in [-0.1, -0.05) is 72.8 Å². The summed E-state index contributed by atoms with van der Waals surface area (Å²) in [5.74, 6) is -1.58. The summed E-state index contributed by atoms with van der Waals surface area (Å²) in [5.41, 5.74) is 8.44. The van der Waals surface area contributed by atoms with E-state index in [2.05, 4.69) is 15.6 Å². The van der Waals surface area contributed by atoms with Gasteiger partial charge in [-0.3, -0.25) is 14.4 Å². The molecule has 0 unspecified atom stereocenters. The van der Waals surface area contributed by atoms with Crippen molar-refractivity contribution in [2.24, 2.45) is 5.73 Å². The summed E-state index contributed by atoms with van der Waals surface area (Å²) in [6, 6.07) is 22.9. The Hall–Kier alpha value is -5.07. The molecule has 1 aromatic heterocycles. The molecule has 0 bridgehead atoms. The van der Waals surface area contributed by atoms with Crippen LogP contribution in [-0.2, 0) is 32.3 Å². The maximum absolute atomic E-state index is 13.9. The van der Waals surface area contributed by atoms with Crippen molar-refractivity contribution in [1.29, 1.82) is 0 Å². The molecular weight excluding hydrogens is 614 g/mol. The van der Waals surface area contributed by atoms with E-state index < -0.39 is 47.9 Å². The number of amides is 3. The monoisotopic (exact) mass is 655 g/mol. The van der Waals surface area contributed by atoms with Gasteiger partial charge in [0.2, 0.25) is 17.6 Å². The van der Waals surface area contributed by atoms with E-state index in [1.54, 1.807) is 24.3 Å². The molecule has 2 heterocycles. The van der Waals surface area contributed by atoms with Gasteiger partial charge in [0.1, 0.15) is 24.2 Å². The van der Waals surface area contributed by atoms with Gasteiger partial charge >= 0.3 is 6.09 Å². The van der Waals surface area contributed by atoms with Crippen LogP contribution in [0.1, 0.15) is 54.4 Å². The molecular formula is C36H41N5O7. The van der Waals surface area contributed by atoms with Crippen LogP contribution in [0.3, 0.4) is 0 Å². The lowest BCUT2D eigenvalue weighted by atomic mass is 10.0. The molecule has 4 atom stereocenters. The number of benzene rings is 3. The van der Waals surface area contributed by atoms with Crippen LogP contribution >= 0.6 is 0 Å². The topological polar surface area (TPSA) is 166 Å². The van der Waals surface area contributed by atoms with E-state index in [1.807, 2.05) is 60.7 Å². The third kappa shape index (κ3) is 9.05. The van der Waals surface area contributed by atoms with Gasteiger partial charge in [-0.2, -0.15) is 0 Å². The van der Waals surface area contributed by atoms with E-state index in [0.717, 1.165) is 11.1 Å². The Balaban J connectivity index is 1.29. The molecule has 0 radical (unpaired) electrons. The number of nitrogens with zero attached hydrogens (tertiary/aromatic N) is 2. The quantitative estimate of drug-likeness (QED) is 0.126. The first-order valence-corrected chi connectivity index (χ1v) is 16.2. The fraction of sp³-hybridized carbons (Fsp3) is 0.361. The number of rotatable bonds is 15. The SMILES string of the molecule is C[C@@H](NC(=O)OCc1ccccc1)C(=O)N1C[C@H](OCc2ccccc2)C[C@H]1C(=O)N[C@@H](CCCCN)C(=O)c1nc2ccccc2o1. The number of carbonyl (C=O) groups excluding carboxylic acids is 4. The molecule has 5 rings (SSSR count). The van der Waals surface area contributed by atoms with Crippen molar-refractivity contribution in [2.45, 2.75) is 70.1 Å². The summed E-state index contributed by atoms with van der Waals surface area (Å²) in [5, 5.41) is 5.44. The van der Waals surface area contributed by atoms with Crippen molar-refractivity contribution in [3.8, 4) is 0 Å². The molecule has 1 aliphatic rings. The molecule has 48 heavy (non-hydrogen) atoms. The molecule has 0 saturated carbocycles. The van der Waals surface area contributed by atoms with E-state index >= 15 is 0 Å². The average molecular weight is 656 g/mol. The molecule has 4 aromatic rings. The summed E-state index contributed by atoms with van der Waals surface area (Å²) in [6.45, 7) is 2.41. The lowest BCUT2D eigenvalue weighted by molar-refractivity contribution is -0.140. The minimum atomic E-state index is -1.00. The number of nitrogens with two attached hydrogens (primary N) is 1. The van der Waals surface area contributed by atoms with Crippen LogP contribution in [0.15, 0.2) is 89.3 Å². The number of likely N-dealkylation sites (tertiary alicyclic amines) is 1. The highest BCUT2D eigenvalue weighted by Gasteiger charge is 2.43. The molecule has 12 heteroatoms. The third-order valence-electron chi connectivity index (χ3n) is 8.18. The second-order valence-corrected chi connectivity index (χ2v) is 11.8. The minimum absolute atomic E-state index is 0.0391. The Morgan fingerprint density at radius 3 is 2.27 bits per heavy atom. The third-order valence-corrected chi connectivity index (χ3v) is 8.18. The van der Waals surface area contributed by atoms with Crippen molar-refractivity contribution >= 4 is 34.8 Å². The summed E-state index contributed by atoms with van der Waals surface area (Å²) >= 11 is 0. The predicted molar refractivity (Wildman–Crippen MR) is 178 cm³/mol. The number of hydrogen-bond donors (Lipinski definition) is 3. The van der Waals surface area contributed by atoms with Gasteiger partial charge in [0.15, 0.2) is 5.58 Å². The number of alkyl carbamates (subject to hydrolysis) is 1. The molecule has 3 amide bonds. The first kappa shape index (κ1) is 34.3. The van der Waals surface area contributed by atoms with Crippen LogP contribution < -0.4 is 16.4 Å². The zero-order chi connectivity index (χ0) is 33.9. The van der Waals surface area contributed by atoms with E-state index in [0.29, 0.717) is 43.5 Å². The first-order chi connectivity index (χ1) is 23.3. The minimum Gasteiger partial charge on any atom is -0.445 e. The van der Waals surface area contributed by atoms with Crippen molar-refractivity contribution in [2.75, 3.05) is 13.1 Å². The maximum Gasteiger partial charge on any atom is 0.408 e. The molecule has 4 N–H and O–H groups in total. The van der Waals surface area contributed by atoms with Crippen molar-refractivity contribution in [1.82, 2.24) is 20.5 Å². The molecule has 252 valence electrons. The number of aromatic nitrogens is 1. The fourth-order valence-corrected chi connectivity index (χ4v) is 5.61. The fourth-order valence-electron chi connectivity index (χ4n) is 5.61. The predicted octanol–water partition coefficient (Wildman–Crippen LogP) is 4.13. The number of carbonyl (C=O) groups is 4. The number of para-hydroxylation sites is 2. The van der Waals surface area contributed by atoms with Crippen LogP contribution in [0.4, 0.5) is 4.79 Å². The van der Waals surface area contributed by atoms with Gasteiger partial charge in [-0.15, -0.1) is 0 Å². The van der Waals surface area contributed by atoms with Gasteiger partial charge in [-0.05, 0) is 56.0 Å². The van der Waals surface area contributed by atoms with Crippen LogP contribution in [0.5, 0.6) is 0 Å². The second kappa shape index (κ2) is 16.7. The highest BCUT2D eigenvalue weighted by molar-refractivity contribution is 6.01. The molecule has 1 saturated heterocycles. The van der Waals surface area contributed by atoms with Gasteiger partial charge in [0, 0.05) is 13.0 Å². The Kier molecular flexibility index (Phi) is 11.9. The Morgan fingerprint density at radius 1 is 0.917 bits per heavy atom. The average Bonchev–Trinajstić information content (AvgIpc) is 3.75. The Labute approximate surface area is 279 Å². The van der Waals surface area contributed by atoms with E-state index in [1.165, 1.54) is 11.8 Å². The smallest absolute Gasteiger partial charge is 0.408 e. The van der Waals surface area contributed by atoms with Gasteiger partial charge < -0.3 is 35.2 Å². The number of nitrogens with one attached hydrogen (secondary N) is 2. The lowest BCUT2D eigenvalue weighted by Gasteiger charge is -2.28. The normalized spacial score (nSPS) is 17.1. The Morgan fingerprint density at radius 2 is 1.58 bits per heavy atom. The first-order valence-electron chi connectivity index (χ1n) is 16.2. The second-order valence-electron chi connectivity index (χ2n) is 11.8. The maximum atomic E-state index is 13.9. The van der Waals surface area contributed by atoms with E-state index in [-0.39, 0.29) is 25.5 Å². The van der Waals surface area contributed by atoms with Crippen LogP contribution in [0.2, 0.25) is 0 Å². The molecule has 12 nitrogen and oxygen atoms in total. The number of unbranched alkanes of at least 4 members (excludes halogenated alkanes) is 1. The van der Waals surface area contributed by atoms with Crippen LogP contribution in [0, 0.1) is 0 Å². The number of fused-ring (bicyclic) bond motifs is 1. The summed E-state index contributed by atoms with van der Waals surface area (Å²) in [4.78, 5) is 59.6. The number of ether oxygens (including phenoxy) is 2. The molecule has 1 aliphatic heterocycles. The van der Waals surface area contributed by atoms with E-state index in [9.17, 15) is 19.2 Å². The zero-order valence-corrected chi connectivity index (χ0v) is 26.9. The number of hydrogen-bond acceptors (Lipinski definition) is 9. The van der Waals surface area contributed by atoms with Gasteiger partial charge in [0.25, 0.3) is 5.89 Å². The van der Waals surface area contributed by atoms with Crippen molar-refractivity contribution in [3.63, 3.8) is 0 Å². The van der Waals surface area contributed by atoms with Crippen LogP contribution in [-0.4, -0.2) is 70.9 Å². The molecule has 0 spiro atoms. The zero-order valence-electron chi connectivity index (χ0n) is 26.9. The number of oxazole rings is 1. The van der Waals surface area contributed by atoms with Gasteiger partial charge in [0.05, 0.1) is 18.8 Å². The number of ketones is 1. The molecule has 1 fully saturated rings. The summed E-state index contributed by atoms with van der Waals surface area (Å²) in [7, 11) is 0. The lowest BCUT2D eigenvalue weighted by Crippen LogP contribution is -2.54. The highest BCUT2D eigenvalue weighted by Crippen LogP contribution is 2.24. The van der Waals surface area contributed by atoms with Crippen molar-refractivity contribution in [3.05, 3.63) is 102 Å². The van der Waals surface area contributed by atoms with Crippen molar-refractivity contribution < 1.29 is 33.1 Å². The van der Waals surface area contributed by atoms with Gasteiger partial charge in [-0.25, -0.2) is 9.78 Å². The Bertz CT molecular complexity index is 1650. The molecule has 3 aromatic carbocycles. The highest BCUT2D eigenvalue weighted by atomic mass is 16.5.